The molecule has 2 aromatic rings. The van der Waals surface area contributed by atoms with Crippen molar-refractivity contribution in [3.63, 3.8) is 0 Å². The fourth-order valence-corrected chi connectivity index (χ4v) is 3.50. The smallest absolute Gasteiger partial charge is 0.301 e. The van der Waals surface area contributed by atoms with E-state index in [-0.39, 0.29) is 11.5 Å². The number of H-pyrrole nitrogens is 2. The molecule has 0 saturated carbocycles. The summed E-state index contributed by atoms with van der Waals surface area (Å²) in [5.74, 6) is 0.0454. The first kappa shape index (κ1) is 14.7. The van der Waals surface area contributed by atoms with Crippen molar-refractivity contribution in [1.29, 1.82) is 0 Å². The lowest BCUT2D eigenvalue weighted by Crippen LogP contribution is -2.27. The second-order valence-electron chi connectivity index (χ2n) is 5.23. The molecule has 20 heavy (non-hydrogen) atoms. The monoisotopic (exact) mass is 290 g/mol. The van der Waals surface area contributed by atoms with E-state index in [1.807, 2.05) is 39.8 Å². The molecule has 4 nitrogen and oxygen atoms in total. The molecule has 1 heterocycles. The van der Waals surface area contributed by atoms with Crippen molar-refractivity contribution in [2.45, 2.75) is 43.5 Å². The maximum absolute atomic E-state index is 11.9. The molecule has 0 amide bonds. The van der Waals surface area contributed by atoms with Crippen LogP contribution in [0.2, 0.25) is 0 Å². The zero-order chi connectivity index (χ0) is 14.9. The lowest BCUT2D eigenvalue weighted by Gasteiger charge is -2.11. The van der Waals surface area contributed by atoms with Gasteiger partial charge in [-0.15, -0.1) is 0 Å². The first-order chi connectivity index (χ1) is 9.36. The highest BCUT2D eigenvalue weighted by Gasteiger charge is 2.14. The summed E-state index contributed by atoms with van der Waals surface area (Å²) >= 11 is 1.42. The summed E-state index contributed by atoms with van der Waals surface area (Å²) in [6.07, 6.45) is 0. The normalized spacial score (nSPS) is 11.1. The van der Waals surface area contributed by atoms with E-state index >= 15 is 0 Å². The molecule has 0 radical (unpaired) electrons. The van der Waals surface area contributed by atoms with Gasteiger partial charge in [0.1, 0.15) is 0 Å². The number of rotatable bonds is 3. The van der Waals surface area contributed by atoms with E-state index in [2.05, 4.69) is 16.0 Å². The molecule has 0 saturated heterocycles. The molecule has 0 aliphatic carbocycles. The van der Waals surface area contributed by atoms with Crippen LogP contribution in [0.15, 0.2) is 37.7 Å². The van der Waals surface area contributed by atoms with Crippen molar-refractivity contribution in [1.82, 2.24) is 9.97 Å². The summed E-state index contributed by atoms with van der Waals surface area (Å²) in [4.78, 5) is 29.5. The Balaban J connectivity index is 2.52. The number of nitrogens with one attached hydrogen (secondary N) is 2. The third-order valence-electron chi connectivity index (χ3n) is 2.94. The van der Waals surface area contributed by atoms with Gasteiger partial charge in [0.25, 0.3) is 5.56 Å². The summed E-state index contributed by atoms with van der Waals surface area (Å²) in [6.45, 7) is 7.94. The van der Waals surface area contributed by atoms with E-state index in [0.717, 1.165) is 16.0 Å². The fourth-order valence-electron chi connectivity index (χ4n) is 2.19. The van der Waals surface area contributed by atoms with Crippen molar-refractivity contribution >= 4 is 11.8 Å². The van der Waals surface area contributed by atoms with Gasteiger partial charge in [0.05, 0.1) is 10.6 Å². The number of hydrogen-bond donors (Lipinski definition) is 2. The number of aromatic nitrogens is 2. The highest BCUT2D eigenvalue weighted by molar-refractivity contribution is 7.99. The van der Waals surface area contributed by atoms with E-state index in [0.29, 0.717) is 10.6 Å². The van der Waals surface area contributed by atoms with E-state index < -0.39 is 5.69 Å². The Morgan fingerprint density at radius 1 is 1.00 bits per heavy atom. The molecule has 0 unspecified atom stereocenters. The molecule has 0 atom stereocenters. The number of hydrogen-bond acceptors (Lipinski definition) is 3. The van der Waals surface area contributed by atoms with Crippen LogP contribution in [-0.4, -0.2) is 9.97 Å². The Labute approximate surface area is 121 Å². The highest BCUT2D eigenvalue weighted by Crippen LogP contribution is 2.30. The van der Waals surface area contributed by atoms with E-state index in [9.17, 15) is 9.59 Å². The Morgan fingerprint density at radius 2 is 1.60 bits per heavy atom. The fraction of sp³-hybridized carbons (Fsp3) is 0.333. The number of aromatic amines is 2. The largest absolute Gasteiger partial charge is 0.326 e. The van der Waals surface area contributed by atoms with Gasteiger partial charge in [-0.25, -0.2) is 4.79 Å². The molecule has 1 aromatic heterocycles. The lowest BCUT2D eigenvalue weighted by atomic mass is 10.1. The van der Waals surface area contributed by atoms with Crippen LogP contribution in [0.4, 0.5) is 0 Å². The minimum absolute atomic E-state index is 0.0454. The lowest BCUT2D eigenvalue weighted by molar-refractivity contribution is 0.772. The van der Waals surface area contributed by atoms with Gasteiger partial charge in [0.2, 0.25) is 0 Å². The van der Waals surface area contributed by atoms with Crippen molar-refractivity contribution in [2.75, 3.05) is 0 Å². The molecular formula is C15H18N2O2S. The average molecular weight is 290 g/mol. The van der Waals surface area contributed by atoms with Gasteiger partial charge in [-0.1, -0.05) is 31.7 Å². The van der Waals surface area contributed by atoms with Gasteiger partial charge in [0, 0.05) is 4.90 Å². The zero-order valence-corrected chi connectivity index (χ0v) is 12.9. The van der Waals surface area contributed by atoms with Crippen LogP contribution < -0.4 is 11.2 Å². The van der Waals surface area contributed by atoms with Gasteiger partial charge >= 0.3 is 5.69 Å². The van der Waals surface area contributed by atoms with Gasteiger partial charge in [-0.05, 0) is 43.0 Å². The van der Waals surface area contributed by atoms with Crippen LogP contribution in [0.5, 0.6) is 0 Å². The van der Waals surface area contributed by atoms with Crippen molar-refractivity contribution in [3.05, 3.63) is 55.7 Å². The molecule has 2 N–H and O–H groups in total. The van der Waals surface area contributed by atoms with Crippen LogP contribution in [-0.2, 0) is 0 Å². The summed E-state index contributed by atoms with van der Waals surface area (Å²) < 4.78 is 0. The second-order valence-corrected chi connectivity index (χ2v) is 6.32. The van der Waals surface area contributed by atoms with Gasteiger partial charge in [0.15, 0.2) is 0 Å². The molecule has 0 aliphatic rings. The van der Waals surface area contributed by atoms with Crippen LogP contribution >= 0.6 is 11.8 Å². The Hall–Kier alpha value is -1.75. The molecule has 106 valence electrons. The van der Waals surface area contributed by atoms with Crippen LogP contribution in [0.25, 0.3) is 0 Å². The molecule has 1 aromatic carbocycles. The standard InChI is InChI=1S/C15H18N2O2S/c1-8(2)12-13(18)16-15(19)17-14(12)20-11-6-9(3)5-10(4)7-11/h5-8H,1-4H3,(H2,16,17,18,19). The molecule has 2 rings (SSSR count). The molecule has 0 bridgehead atoms. The Kier molecular flexibility index (Phi) is 4.18. The maximum atomic E-state index is 11.9. The van der Waals surface area contributed by atoms with Crippen molar-refractivity contribution in [3.8, 4) is 0 Å². The van der Waals surface area contributed by atoms with E-state index in [4.69, 9.17) is 0 Å². The topological polar surface area (TPSA) is 65.7 Å². The van der Waals surface area contributed by atoms with Gasteiger partial charge < -0.3 is 4.98 Å². The number of aryl methyl sites for hydroxylation is 2. The molecule has 5 heteroatoms. The SMILES string of the molecule is Cc1cc(C)cc(Sc2[nH]c(=O)[nH]c(=O)c2C(C)C)c1. The van der Waals surface area contributed by atoms with Crippen molar-refractivity contribution in [2.24, 2.45) is 0 Å². The summed E-state index contributed by atoms with van der Waals surface area (Å²) in [7, 11) is 0. The predicted octanol–water partition coefficient (Wildman–Crippen LogP) is 2.95. The van der Waals surface area contributed by atoms with Crippen LogP contribution in [0.3, 0.4) is 0 Å². The molecular weight excluding hydrogens is 272 g/mol. The zero-order valence-electron chi connectivity index (χ0n) is 12.0. The minimum atomic E-state index is -0.466. The quantitative estimate of drug-likeness (QED) is 0.854. The average Bonchev–Trinajstić information content (AvgIpc) is 2.25. The second kappa shape index (κ2) is 5.71. The van der Waals surface area contributed by atoms with Gasteiger partial charge in [-0.3, -0.25) is 9.78 Å². The first-order valence-corrected chi connectivity index (χ1v) is 7.31. The third-order valence-corrected chi connectivity index (χ3v) is 3.93. The highest BCUT2D eigenvalue weighted by atomic mass is 32.2. The third kappa shape index (κ3) is 3.22. The van der Waals surface area contributed by atoms with E-state index in [1.54, 1.807) is 0 Å². The summed E-state index contributed by atoms with van der Waals surface area (Å²) in [5, 5.41) is 0.624. The van der Waals surface area contributed by atoms with Crippen LogP contribution in [0.1, 0.15) is 36.5 Å². The maximum Gasteiger partial charge on any atom is 0.326 e. The summed E-state index contributed by atoms with van der Waals surface area (Å²) in [6, 6.07) is 6.18. The molecule has 0 aliphatic heterocycles. The predicted molar refractivity (Wildman–Crippen MR) is 81.8 cm³/mol. The first-order valence-electron chi connectivity index (χ1n) is 6.49. The van der Waals surface area contributed by atoms with Crippen LogP contribution in [0, 0.1) is 13.8 Å². The van der Waals surface area contributed by atoms with E-state index in [1.165, 1.54) is 11.8 Å². The molecule has 0 spiro atoms. The Morgan fingerprint density at radius 3 is 2.15 bits per heavy atom. The summed E-state index contributed by atoms with van der Waals surface area (Å²) in [5.41, 5.74) is 2.16. The minimum Gasteiger partial charge on any atom is -0.301 e. The van der Waals surface area contributed by atoms with Gasteiger partial charge in [-0.2, -0.15) is 0 Å². The number of benzene rings is 1. The van der Waals surface area contributed by atoms with Crippen molar-refractivity contribution < 1.29 is 0 Å². The Bertz CT molecular complexity index is 724. The molecule has 0 fully saturated rings.